The van der Waals surface area contributed by atoms with Crippen molar-refractivity contribution in [3.8, 4) is 17.2 Å². The number of carbonyl (C=O) groups is 1. The summed E-state index contributed by atoms with van der Waals surface area (Å²) >= 11 is 0. The lowest BCUT2D eigenvalue weighted by Crippen LogP contribution is -2.17. The average Bonchev–Trinajstić information content (AvgIpc) is 2.87. The van der Waals surface area contributed by atoms with Gasteiger partial charge in [-0.3, -0.25) is 9.59 Å². The van der Waals surface area contributed by atoms with Crippen molar-refractivity contribution in [2.75, 3.05) is 33.2 Å². The van der Waals surface area contributed by atoms with Crippen molar-refractivity contribution in [2.24, 2.45) is 5.73 Å². The minimum atomic E-state index is -0.349. The number of aromatic amines is 1. The predicted molar refractivity (Wildman–Crippen MR) is 140 cm³/mol. The number of methoxy groups -OCH3 is 3. The van der Waals surface area contributed by atoms with Gasteiger partial charge in [0.15, 0.2) is 11.5 Å². The van der Waals surface area contributed by atoms with Crippen LogP contribution in [0.2, 0.25) is 0 Å². The van der Waals surface area contributed by atoms with E-state index in [-0.39, 0.29) is 17.9 Å². The minimum Gasteiger partial charge on any atom is -0.497 e. The van der Waals surface area contributed by atoms with E-state index in [4.69, 9.17) is 24.9 Å². The molecule has 0 fully saturated rings. The monoisotopic (exact) mass is 490 g/mol. The number of aromatic nitrogens is 2. The Balaban J connectivity index is 1.84. The number of hydrogen-bond donors (Lipinski definition) is 3. The molecule has 4 rings (SSSR count). The molecule has 2 aromatic heterocycles. The minimum absolute atomic E-state index is 0.183. The Kier molecular flexibility index (Phi) is 7.28. The fourth-order valence-corrected chi connectivity index (χ4v) is 4.32. The number of rotatable bonds is 10. The first kappa shape index (κ1) is 24.8. The van der Waals surface area contributed by atoms with Gasteiger partial charge >= 0.3 is 0 Å². The zero-order valence-electron chi connectivity index (χ0n) is 20.9. The number of primary amides is 1. The van der Waals surface area contributed by atoms with Crippen LogP contribution in [0.1, 0.15) is 29.7 Å². The van der Waals surface area contributed by atoms with Crippen molar-refractivity contribution in [3.05, 3.63) is 63.6 Å². The van der Waals surface area contributed by atoms with Crippen molar-refractivity contribution < 1.29 is 19.0 Å². The number of benzene rings is 2. The molecule has 0 radical (unpaired) electrons. The highest BCUT2D eigenvalue weighted by Gasteiger charge is 2.17. The fraction of sp³-hybridized carbons (Fsp3) is 0.296. The molecule has 0 saturated carbocycles. The Morgan fingerprint density at radius 3 is 2.42 bits per heavy atom. The molecule has 0 spiro atoms. The zero-order valence-corrected chi connectivity index (χ0v) is 20.9. The Morgan fingerprint density at radius 1 is 1.03 bits per heavy atom. The maximum absolute atomic E-state index is 13.2. The standard InChI is InChI=1S/C27H30N4O5/c1-15-19-13-23(35-3)24(36-4)14-20(19)21(27(33)30-15)12-17-10-16-11-18(34-2)7-8-22(16)31-26(17)29-9-5-6-25(28)32/h7-8,10-11,13-14H,5-6,9,12H2,1-4H3,(H2,28,32)(H,29,31)(H,30,33). The second kappa shape index (κ2) is 10.6. The molecule has 2 aromatic carbocycles. The van der Waals surface area contributed by atoms with E-state index >= 15 is 0 Å². The maximum Gasteiger partial charge on any atom is 0.252 e. The van der Waals surface area contributed by atoms with E-state index in [9.17, 15) is 9.59 Å². The number of fused-ring (bicyclic) bond motifs is 2. The molecule has 0 aliphatic heterocycles. The lowest BCUT2D eigenvalue weighted by Gasteiger charge is -2.16. The molecule has 0 bridgehead atoms. The molecular weight excluding hydrogens is 460 g/mol. The smallest absolute Gasteiger partial charge is 0.252 e. The van der Waals surface area contributed by atoms with E-state index in [0.717, 1.165) is 32.9 Å². The average molecular weight is 491 g/mol. The van der Waals surface area contributed by atoms with E-state index in [1.165, 1.54) is 0 Å². The van der Waals surface area contributed by atoms with Gasteiger partial charge in [-0.2, -0.15) is 0 Å². The summed E-state index contributed by atoms with van der Waals surface area (Å²) in [4.78, 5) is 32.1. The van der Waals surface area contributed by atoms with E-state index in [1.54, 1.807) is 21.3 Å². The number of H-pyrrole nitrogens is 1. The number of anilines is 1. The summed E-state index contributed by atoms with van der Waals surface area (Å²) < 4.78 is 16.4. The second-order valence-corrected chi connectivity index (χ2v) is 8.54. The van der Waals surface area contributed by atoms with Crippen molar-refractivity contribution in [1.29, 1.82) is 0 Å². The third-order valence-corrected chi connectivity index (χ3v) is 6.19. The van der Waals surface area contributed by atoms with Crippen molar-refractivity contribution in [3.63, 3.8) is 0 Å². The van der Waals surface area contributed by atoms with Gasteiger partial charge in [0.05, 0.1) is 26.8 Å². The van der Waals surface area contributed by atoms with E-state index in [0.29, 0.717) is 48.0 Å². The van der Waals surface area contributed by atoms with E-state index in [2.05, 4.69) is 10.3 Å². The van der Waals surface area contributed by atoms with E-state index in [1.807, 2.05) is 43.3 Å². The summed E-state index contributed by atoms with van der Waals surface area (Å²) in [5, 5.41) is 5.86. The maximum atomic E-state index is 13.2. The summed E-state index contributed by atoms with van der Waals surface area (Å²) in [6.07, 6.45) is 1.17. The molecule has 0 unspecified atom stereocenters. The van der Waals surface area contributed by atoms with Gasteiger partial charge in [0, 0.05) is 41.4 Å². The van der Waals surface area contributed by atoms with Gasteiger partial charge in [-0.25, -0.2) is 4.98 Å². The summed E-state index contributed by atoms with van der Waals surface area (Å²) in [5.41, 5.74) is 8.04. The third kappa shape index (κ3) is 5.05. The highest BCUT2D eigenvalue weighted by molar-refractivity contribution is 5.91. The van der Waals surface area contributed by atoms with Crippen LogP contribution in [0.25, 0.3) is 21.7 Å². The summed E-state index contributed by atoms with van der Waals surface area (Å²) in [7, 11) is 4.76. The molecule has 9 nitrogen and oxygen atoms in total. The third-order valence-electron chi connectivity index (χ3n) is 6.19. The van der Waals surface area contributed by atoms with Gasteiger partial charge < -0.3 is 30.2 Å². The first-order valence-corrected chi connectivity index (χ1v) is 11.6. The van der Waals surface area contributed by atoms with Crippen LogP contribution < -0.4 is 30.8 Å². The van der Waals surface area contributed by atoms with Crippen molar-refractivity contribution in [1.82, 2.24) is 9.97 Å². The van der Waals surface area contributed by atoms with Crippen LogP contribution in [0.4, 0.5) is 5.82 Å². The number of carbonyl (C=O) groups excluding carboxylic acids is 1. The Bertz CT molecular complexity index is 1500. The summed E-state index contributed by atoms with van der Waals surface area (Å²) in [5.74, 6) is 2.14. The Hall–Kier alpha value is -4.27. The number of nitrogens with two attached hydrogens (primary N) is 1. The normalized spacial score (nSPS) is 11.0. The molecule has 0 atom stereocenters. The van der Waals surface area contributed by atoms with Gasteiger partial charge in [-0.15, -0.1) is 0 Å². The van der Waals surface area contributed by atoms with E-state index < -0.39 is 0 Å². The SMILES string of the molecule is COc1ccc2nc(NCCCC(N)=O)c(Cc3c(=O)[nH]c(C)c4cc(OC)c(OC)cc34)cc2c1. The lowest BCUT2D eigenvalue weighted by atomic mass is 9.97. The number of nitrogens with one attached hydrogen (secondary N) is 2. The first-order valence-electron chi connectivity index (χ1n) is 11.6. The Morgan fingerprint density at radius 2 is 1.75 bits per heavy atom. The topological polar surface area (TPSA) is 129 Å². The number of aryl methyl sites for hydroxylation is 1. The number of amides is 1. The quantitative estimate of drug-likeness (QED) is 0.289. The number of hydrogen-bond acceptors (Lipinski definition) is 7. The van der Waals surface area contributed by atoms with Gasteiger partial charge in [-0.05, 0) is 60.7 Å². The molecule has 36 heavy (non-hydrogen) atoms. The molecule has 4 N–H and O–H groups in total. The number of ether oxygens (including phenoxy) is 3. The number of nitrogens with zero attached hydrogens (tertiary/aromatic N) is 1. The van der Waals surface area contributed by atoms with Crippen LogP contribution >= 0.6 is 0 Å². The molecule has 2 heterocycles. The first-order chi connectivity index (χ1) is 17.3. The number of pyridine rings is 2. The van der Waals surface area contributed by atoms with Crippen molar-refractivity contribution >= 4 is 33.4 Å². The lowest BCUT2D eigenvalue weighted by molar-refractivity contribution is -0.118. The molecule has 0 aliphatic rings. The summed E-state index contributed by atoms with van der Waals surface area (Å²) in [6, 6.07) is 11.4. The van der Waals surface area contributed by atoms with Gasteiger partial charge in [-0.1, -0.05) is 0 Å². The van der Waals surface area contributed by atoms with Crippen LogP contribution in [0.5, 0.6) is 17.2 Å². The van der Waals surface area contributed by atoms with Gasteiger partial charge in [0.2, 0.25) is 5.91 Å². The second-order valence-electron chi connectivity index (χ2n) is 8.54. The predicted octanol–water partition coefficient (Wildman–Crippen LogP) is 3.68. The van der Waals surface area contributed by atoms with Crippen LogP contribution in [0.15, 0.2) is 41.2 Å². The molecule has 9 heteroatoms. The van der Waals surface area contributed by atoms with Crippen LogP contribution in [0.3, 0.4) is 0 Å². The Labute approximate surface area is 208 Å². The zero-order chi connectivity index (χ0) is 25.8. The molecule has 188 valence electrons. The van der Waals surface area contributed by atoms with Gasteiger partial charge in [0.1, 0.15) is 11.6 Å². The summed E-state index contributed by atoms with van der Waals surface area (Å²) in [6.45, 7) is 2.37. The van der Waals surface area contributed by atoms with Crippen LogP contribution in [0, 0.1) is 6.92 Å². The highest BCUT2D eigenvalue weighted by Crippen LogP contribution is 2.35. The van der Waals surface area contributed by atoms with Gasteiger partial charge in [0.25, 0.3) is 5.56 Å². The molecule has 0 aliphatic carbocycles. The highest BCUT2D eigenvalue weighted by atomic mass is 16.5. The van der Waals surface area contributed by atoms with Crippen molar-refractivity contribution in [2.45, 2.75) is 26.2 Å². The molecule has 4 aromatic rings. The largest absolute Gasteiger partial charge is 0.497 e. The molecular formula is C27H30N4O5. The molecule has 0 saturated heterocycles. The van der Waals surface area contributed by atoms with Crippen LogP contribution in [-0.2, 0) is 11.2 Å². The fourth-order valence-electron chi connectivity index (χ4n) is 4.32. The molecule has 1 amide bonds. The van der Waals surface area contributed by atoms with Crippen LogP contribution in [-0.4, -0.2) is 43.7 Å².